The molecule has 1 fully saturated rings. The first kappa shape index (κ1) is 32.4. The molecule has 6 heteroatoms. The smallest absolute Gasteiger partial charge is 0.119 e. The minimum absolute atomic E-state index is 0.645. The van der Waals surface area contributed by atoms with Gasteiger partial charge in [0.15, 0.2) is 0 Å². The van der Waals surface area contributed by atoms with Crippen molar-refractivity contribution in [3.05, 3.63) is 83.9 Å². The molecular formula is C37H51N3O3. The van der Waals surface area contributed by atoms with Crippen molar-refractivity contribution < 1.29 is 14.2 Å². The van der Waals surface area contributed by atoms with E-state index in [2.05, 4.69) is 79.2 Å². The van der Waals surface area contributed by atoms with Gasteiger partial charge in [-0.3, -0.25) is 9.91 Å². The molecule has 6 nitrogen and oxygen atoms in total. The molecule has 0 aromatic heterocycles. The molecule has 0 radical (unpaired) electrons. The van der Waals surface area contributed by atoms with Gasteiger partial charge in [-0.05, 0) is 117 Å². The molecule has 0 aliphatic carbocycles. The Labute approximate surface area is 259 Å². The van der Waals surface area contributed by atoms with Gasteiger partial charge in [-0.2, -0.15) is 5.10 Å². The monoisotopic (exact) mass is 585 g/mol. The van der Waals surface area contributed by atoms with E-state index in [9.17, 15) is 0 Å². The van der Waals surface area contributed by atoms with Crippen LogP contribution in [0.1, 0.15) is 83.3 Å². The molecule has 0 amide bonds. The molecule has 1 heterocycles. The first-order valence-corrected chi connectivity index (χ1v) is 16.4. The number of hydrogen-bond acceptors (Lipinski definition) is 6. The summed E-state index contributed by atoms with van der Waals surface area (Å²) >= 11 is 0. The third kappa shape index (κ3) is 10.9. The van der Waals surface area contributed by atoms with Crippen molar-refractivity contribution in [3.8, 4) is 17.2 Å². The van der Waals surface area contributed by atoms with E-state index >= 15 is 0 Å². The van der Waals surface area contributed by atoms with Gasteiger partial charge >= 0.3 is 0 Å². The average Bonchev–Trinajstić information content (AvgIpc) is 3.05. The fourth-order valence-electron chi connectivity index (χ4n) is 5.13. The molecular weight excluding hydrogens is 534 g/mol. The lowest BCUT2D eigenvalue weighted by Crippen LogP contribution is -2.33. The zero-order valence-corrected chi connectivity index (χ0v) is 26.6. The van der Waals surface area contributed by atoms with E-state index in [1.165, 1.54) is 37.9 Å². The number of nitrogens with zero attached hydrogens (tertiary/aromatic N) is 3. The number of unbranched alkanes of at least 4 members (excludes halogenated alkanes) is 2. The zero-order chi connectivity index (χ0) is 30.1. The number of benzene rings is 3. The van der Waals surface area contributed by atoms with E-state index in [1.807, 2.05) is 24.3 Å². The normalized spacial score (nSPS) is 14.0. The highest BCUT2D eigenvalue weighted by molar-refractivity contribution is 6.01. The maximum absolute atomic E-state index is 6.08. The minimum Gasteiger partial charge on any atom is -0.494 e. The molecule has 1 saturated heterocycles. The van der Waals surface area contributed by atoms with Gasteiger partial charge in [-0.25, -0.2) is 0 Å². The van der Waals surface area contributed by atoms with Crippen LogP contribution >= 0.6 is 0 Å². The van der Waals surface area contributed by atoms with Crippen molar-refractivity contribution >= 4 is 11.4 Å². The van der Waals surface area contributed by atoms with Crippen LogP contribution in [0, 0.1) is 0 Å². The van der Waals surface area contributed by atoms with Gasteiger partial charge in [0.1, 0.15) is 23.9 Å². The second-order valence-electron chi connectivity index (χ2n) is 11.3. The van der Waals surface area contributed by atoms with Crippen molar-refractivity contribution in [1.29, 1.82) is 0 Å². The number of anilines is 1. The van der Waals surface area contributed by atoms with Gasteiger partial charge in [-0.15, -0.1) is 0 Å². The molecule has 0 N–H and O–H groups in total. The molecule has 3 aromatic rings. The summed E-state index contributed by atoms with van der Waals surface area (Å²) in [4.78, 5) is 2.51. The molecule has 43 heavy (non-hydrogen) atoms. The first-order valence-electron chi connectivity index (χ1n) is 16.4. The number of hydrazone groups is 1. The summed E-state index contributed by atoms with van der Waals surface area (Å²) in [6, 6.07) is 25.1. The minimum atomic E-state index is 0.645. The Hall–Kier alpha value is -3.51. The molecule has 232 valence electrons. The van der Waals surface area contributed by atoms with Crippen molar-refractivity contribution in [1.82, 2.24) is 4.90 Å². The topological polar surface area (TPSA) is 46.5 Å². The Morgan fingerprint density at radius 2 is 1.21 bits per heavy atom. The number of hydrogen-bond donors (Lipinski definition) is 0. The Kier molecular flexibility index (Phi) is 13.7. The third-order valence-corrected chi connectivity index (χ3v) is 7.81. The van der Waals surface area contributed by atoms with Crippen molar-refractivity contribution in [3.63, 3.8) is 0 Å². The average molecular weight is 586 g/mol. The highest BCUT2D eigenvalue weighted by atomic mass is 16.5. The van der Waals surface area contributed by atoms with Crippen LogP contribution in [0.2, 0.25) is 0 Å². The summed E-state index contributed by atoms with van der Waals surface area (Å²) in [5.41, 5.74) is 4.33. The van der Waals surface area contributed by atoms with Crippen LogP contribution in [0.15, 0.2) is 77.9 Å². The number of rotatable bonds is 18. The van der Waals surface area contributed by atoms with Crippen LogP contribution in [-0.4, -0.2) is 50.1 Å². The molecule has 0 saturated carbocycles. The van der Waals surface area contributed by atoms with Crippen LogP contribution in [0.3, 0.4) is 0 Å². The second-order valence-corrected chi connectivity index (χ2v) is 11.3. The van der Waals surface area contributed by atoms with Gasteiger partial charge in [0, 0.05) is 6.54 Å². The number of likely N-dealkylation sites (tertiary alicyclic amines) is 1. The van der Waals surface area contributed by atoms with E-state index in [0.29, 0.717) is 6.54 Å². The Balaban J connectivity index is 1.47. The molecule has 0 bridgehead atoms. The lowest BCUT2D eigenvalue weighted by Gasteiger charge is -2.26. The SMILES string of the molecule is CCCCOc1ccc(C(CC)=NN(Cc2ccc(OCCN3CCCCC3)cc2)c2ccc(OCCCC)cc2)cc1. The fraction of sp³-hybridized carbons (Fsp3) is 0.486. The van der Waals surface area contributed by atoms with E-state index in [1.54, 1.807) is 0 Å². The van der Waals surface area contributed by atoms with Gasteiger partial charge in [0.05, 0.1) is 31.2 Å². The van der Waals surface area contributed by atoms with Crippen molar-refractivity contribution in [2.24, 2.45) is 5.10 Å². The third-order valence-electron chi connectivity index (χ3n) is 7.81. The van der Waals surface area contributed by atoms with Crippen molar-refractivity contribution in [2.45, 2.75) is 78.7 Å². The Morgan fingerprint density at radius 1 is 0.674 bits per heavy atom. The lowest BCUT2D eigenvalue weighted by molar-refractivity contribution is 0.183. The standard InChI is InChI=1S/C37H51N3O3/c1-4-7-27-41-35-20-14-32(15-21-35)37(6-3)38-40(33-16-22-36(23-17-33)42-28-8-5-2)30-31-12-18-34(19-13-31)43-29-26-39-24-10-9-11-25-39/h12-23H,4-11,24-30H2,1-3H3. The van der Waals surface area contributed by atoms with E-state index < -0.39 is 0 Å². The summed E-state index contributed by atoms with van der Waals surface area (Å²) in [6.07, 6.45) is 9.15. The quantitative estimate of drug-likeness (QED) is 0.0849. The molecule has 1 aliphatic heterocycles. The first-order chi connectivity index (χ1) is 21.2. The summed E-state index contributed by atoms with van der Waals surface area (Å²) < 4.78 is 17.9. The van der Waals surface area contributed by atoms with Crippen LogP contribution in [0.4, 0.5) is 5.69 Å². The van der Waals surface area contributed by atoms with Crippen molar-refractivity contribution in [2.75, 3.05) is 44.5 Å². The second kappa shape index (κ2) is 18.2. The summed E-state index contributed by atoms with van der Waals surface area (Å²) in [6.45, 7) is 12.8. The summed E-state index contributed by atoms with van der Waals surface area (Å²) in [7, 11) is 0. The van der Waals surface area contributed by atoms with Gasteiger partial charge in [-0.1, -0.05) is 52.2 Å². The van der Waals surface area contributed by atoms with Gasteiger partial charge < -0.3 is 14.2 Å². The van der Waals surface area contributed by atoms with Crippen LogP contribution < -0.4 is 19.2 Å². The van der Waals surface area contributed by atoms with Gasteiger partial charge in [0.2, 0.25) is 0 Å². The maximum atomic E-state index is 6.08. The maximum Gasteiger partial charge on any atom is 0.119 e. The molecule has 0 spiro atoms. The van der Waals surface area contributed by atoms with E-state index in [4.69, 9.17) is 19.3 Å². The summed E-state index contributed by atoms with van der Waals surface area (Å²) in [5.74, 6) is 2.71. The highest BCUT2D eigenvalue weighted by Crippen LogP contribution is 2.25. The fourth-order valence-corrected chi connectivity index (χ4v) is 5.13. The van der Waals surface area contributed by atoms with Crippen LogP contribution in [0.25, 0.3) is 0 Å². The summed E-state index contributed by atoms with van der Waals surface area (Å²) in [5, 5.41) is 7.29. The Morgan fingerprint density at radius 3 is 1.77 bits per heavy atom. The Bertz CT molecular complexity index is 1200. The predicted octanol–water partition coefficient (Wildman–Crippen LogP) is 8.73. The van der Waals surface area contributed by atoms with Crippen LogP contribution in [0.5, 0.6) is 17.2 Å². The molecule has 4 rings (SSSR count). The van der Waals surface area contributed by atoms with Gasteiger partial charge in [0.25, 0.3) is 0 Å². The van der Waals surface area contributed by atoms with E-state index in [-0.39, 0.29) is 0 Å². The zero-order valence-electron chi connectivity index (χ0n) is 26.6. The largest absolute Gasteiger partial charge is 0.494 e. The molecule has 0 atom stereocenters. The number of piperidine rings is 1. The highest BCUT2D eigenvalue weighted by Gasteiger charge is 2.12. The lowest BCUT2D eigenvalue weighted by atomic mass is 10.1. The number of ether oxygens (including phenoxy) is 3. The molecule has 1 aliphatic rings. The van der Waals surface area contributed by atoms with Crippen LogP contribution in [-0.2, 0) is 6.54 Å². The van der Waals surface area contributed by atoms with E-state index in [0.717, 1.165) is 92.7 Å². The molecule has 0 unspecified atom stereocenters. The predicted molar refractivity (Wildman–Crippen MR) is 179 cm³/mol. The molecule has 3 aromatic carbocycles.